The fourth-order valence-electron chi connectivity index (χ4n) is 1.49. The molecule has 1 aliphatic heterocycles. The van der Waals surface area contributed by atoms with E-state index in [1.54, 1.807) is 0 Å². The largest absolute Gasteiger partial charge is 0.377 e. The zero-order valence-electron chi connectivity index (χ0n) is 12.1. The Labute approximate surface area is 136 Å². The molecule has 9 heteroatoms. The average Bonchev–Trinajstić information content (AvgIpc) is 2.47. The molecule has 21 heavy (non-hydrogen) atoms. The van der Waals surface area contributed by atoms with Gasteiger partial charge in [-0.05, 0) is 24.4 Å². The van der Waals surface area contributed by atoms with Crippen LogP contribution in [0.2, 0.25) is 0 Å². The molecule has 0 aromatic rings. The number of hydrogen-bond acceptors (Lipinski definition) is 5. The van der Waals surface area contributed by atoms with Crippen molar-refractivity contribution in [1.82, 2.24) is 21.3 Å². The molecule has 1 heterocycles. The van der Waals surface area contributed by atoms with Crippen molar-refractivity contribution in [2.75, 3.05) is 65.8 Å². The predicted octanol–water partition coefficient (Wildman–Crippen LogP) is -1.02. The summed E-state index contributed by atoms with van der Waals surface area (Å²) < 4.78 is 16.2. The second-order valence-electron chi connectivity index (χ2n) is 4.20. The highest BCUT2D eigenvalue weighted by Gasteiger charge is 1.98. The molecule has 0 saturated carbocycles. The molecule has 0 unspecified atom stereocenters. The van der Waals surface area contributed by atoms with E-state index in [2.05, 4.69) is 21.3 Å². The summed E-state index contributed by atoms with van der Waals surface area (Å²) in [5.41, 5.74) is 0. The third-order valence-electron chi connectivity index (χ3n) is 2.50. The lowest BCUT2D eigenvalue weighted by Gasteiger charge is -2.12. The van der Waals surface area contributed by atoms with Gasteiger partial charge in [0.25, 0.3) is 0 Å². The summed E-state index contributed by atoms with van der Waals surface area (Å²) >= 11 is 10.3. The Balaban J connectivity index is 2.20. The van der Waals surface area contributed by atoms with Crippen molar-refractivity contribution in [2.24, 2.45) is 0 Å². The van der Waals surface area contributed by atoms with Crippen LogP contribution in [-0.2, 0) is 14.2 Å². The molecule has 0 spiro atoms. The first-order valence-corrected chi connectivity index (χ1v) is 7.87. The molecule has 0 amide bonds. The van der Waals surface area contributed by atoms with Crippen molar-refractivity contribution >= 4 is 34.7 Å². The topological polar surface area (TPSA) is 75.8 Å². The van der Waals surface area contributed by atoms with Crippen LogP contribution >= 0.6 is 24.4 Å². The van der Waals surface area contributed by atoms with E-state index < -0.39 is 0 Å². The van der Waals surface area contributed by atoms with Crippen LogP contribution in [-0.4, -0.2) is 76.0 Å². The van der Waals surface area contributed by atoms with Gasteiger partial charge in [-0.3, -0.25) is 0 Å². The first-order valence-electron chi connectivity index (χ1n) is 7.05. The van der Waals surface area contributed by atoms with Crippen LogP contribution in [0.15, 0.2) is 0 Å². The molecular weight excluding hydrogens is 312 g/mol. The Morgan fingerprint density at radius 1 is 0.524 bits per heavy atom. The van der Waals surface area contributed by atoms with E-state index in [9.17, 15) is 0 Å². The molecule has 122 valence electrons. The van der Waals surface area contributed by atoms with Crippen molar-refractivity contribution < 1.29 is 14.2 Å². The van der Waals surface area contributed by atoms with Gasteiger partial charge in [0.2, 0.25) is 0 Å². The average molecular weight is 336 g/mol. The second-order valence-corrected chi connectivity index (χ2v) is 5.02. The van der Waals surface area contributed by atoms with Gasteiger partial charge >= 0.3 is 0 Å². The molecule has 0 radical (unpaired) electrons. The number of ether oxygens (including phenoxy) is 3. The molecule has 0 bridgehead atoms. The molecule has 0 aliphatic carbocycles. The Morgan fingerprint density at radius 3 is 1.29 bits per heavy atom. The summed E-state index contributed by atoms with van der Waals surface area (Å²) in [7, 11) is 0. The standard InChI is InChI=1S/C12H24N4O3S2/c20-11-13-1-2-14-12(21)16-4-6-18-8-10-19-9-7-17-5-3-15-11/h1-10H2,(H2,13,15,20)(H2,14,16,21). The molecule has 4 N–H and O–H groups in total. The Morgan fingerprint density at radius 2 is 0.857 bits per heavy atom. The summed E-state index contributed by atoms with van der Waals surface area (Å²) in [6, 6.07) is 0. The molecule has 1 fully saturated rings. The number of hydrogen-bond donors (Lipinski definition) is 4. The van der Waals surface area contributed by atoms with Crippen LogP contribution in [0.3, 0.4) is 0 Å². The Hall–Kier alpha value is -0.740. The predicted molar refractivity (Wildman–Crippen MR) is 89.7 cm³/mol. The molecule has 1 saturated heterocycles. The van der Waals surface area contributed by atoms with E-state index in [1.807, 2.05) is 0 Å². The fraction of sp³-hybridized carbons (Fsp3) is 0.833. The summed E-state index contributed by atoms with van der Waals surface area (Å²) in [5.74, 6) is 0. The van der Waals surface area contributed by atoms with E-state index in [1.165, 1.54) is 0 Å². The molecule has 0 atom stereocenters. The number of nitrogens with one attached hydrogen (secondary N) is 4. The van der Waals surface area contributed by atoms with Crippen LogP contribution in [0.5, 0.6) is 0 Å². The maximum absolute atomic E-state index is 5.41. The SMILES string of the molecule is S=C1NCCNC(=S)NCCOCCOCCOCCN1. The maximum Gasteiger partial charge on any atom is 0.166 e. The second kappa shape index (κ2) is 13.0. The molecule has 7 nitrogen and oxygen atoms in total. The molecule has 0 aromatic carbocycles. The summed E-state index contributed by atoms with van der Waals surface area (Å²) in [5, 5.41) is 13.5. The monoisotopic (exact) mass is 336 g/mol. The van der Waals surface area contributed by atoms with E-state index in [-0.39, 0.29) is 0 Å². The van der Waals surface area contributed by atoms with Gasteiger partial charge in [-0.15, -0.1) is 0 Å². The quantitative estimate of drug-likeness (QED) is 0.416. The third-order valence-corrected chi connectivity index (χ3v) is 3.08. The number of rotatable bonds is 0. The van der Waals surface area contributed by atoms with E-state index >= 15 is 0 Å². The minimum Gasteiger partial charge on any atom is -0.377 e. The highest BCUT2D eigenvalue weighted by atomic mass is 32.1. The van der Waals surface area contributed by atoms with Gasteiger partial charge < -0.3 is 35.5 Å². The lowest BCUT2D eigenvalue weighted by molar-refractivity contribution is 0.0166. The molecule has 0 aromatic heterocycles. The summed E-state index contributed by atoms with van der Waals surface area (Å²) in [6.45, 7) is 6.18. The maximum atomic E-state index is 5.41. The Bertz CT molecular complexity index is 280. The fourth-order valence-corrected chi connectivity index (χ4v) is 1.90. The van der Waals surface area contributed by atoms with Crippen molar-refractivity contribution in [1.29, 1.82) is 0 Å². The zero-order chi connectivity index (χ0) is 15.2. The van der Waals surface area contributed by atoms with Gasteiger partial charge in [-0.25, -0.2) is 0 Å². The normalized spacial score (nSPS) is 21.5. The number of thiocarbonyl (C=S) groups is 2. The van der Waals surface area contributed by atoms with Crippen molar-refractivity contribution in [3.63, 3.8) is 0 Å². The summed E-state index contributed by atoms with van der Waals surface area (Å²) in [6.07, 6.45) is 0. The van der Waals surface area contributed by atoms with Gasteiger partial charge in [0.1, 0.15) is 0 Å². The van der Waals surface area contributed by atoms with E-state index in [4.69, 9.17) is 38.6 Å². The minimum absolute atomic E-state index is 0.568. The minimum atomic E-state index is 0.568. The summed E-state index contributed by atoms with van der Waals surface area (Å²) in [4.78, 5) is 0. The lowest BCUT2D eigenvalue weighted by Crippen LogP contribution is -2.43. The van der Waals surface area contributed by atoms with Gasteiger partial charge in [0.05, 0.1) is 39.6 Å². The Kier molecular flexibility index (Phi) is 11.3. The zero-order valence-corrected chi connectivity index (χ0v) is 13.7. The van der Waals surface area contributed by atoms with Crippen molar-refractivity contribution in [2.45, 2.75) is 0 Å². The molecule has 1 aliphatic rings. The van der Waals surface area contributed by atoms with Gasteiger partial charge in [0.15, 0.2) is 10.2 Å². The van der Waals surface area contributed by atoms with E-state index in [0.717, 1.165) is 0 Å². The van der Waals surface area contributed by atoms with Gasteiger partial charge in [-0.1, -0.05) is 0 Å². The highest BCUT2D eigenvalue weighted by molar-refractivity contribution is 7.80. The van der Waals surface area contributed by atoms with Crippen LogP contribution in [0.25, 0.3) is 0 Å². The van der Waals surface area contributed by atoms with Crippen molar-refractivity contribution in [3.8, 4) is 0 Å². The highest BCUT2D eigenvalue weighted by Crippen LogP contribution is 1.81. The van der Waals surface area contributed by atoms with Gasteiger partial charge in [-0.2, -0.15) is 0 Å². The smallest absolute Gasteiger partial charge is 0.166 e. The first kappa shape index (κ1) is 18.3. The third kappa shape index (κ3) is 11.6. The van der Waals surface area contributed by atoms with Crippen LogP contribution < -0.4 is 21.3 Å². The van der Waals surface area contributed by atoms with Gasteiger partial charge in [0, 0.05) is 26.2 Å². The van der Waals surface area contributed by atoms with Crippen molar-refractivity contribution in [3.05, 3.63) is 0 Å². The van der Waals surface area contributed by atoms with Crippen LogP contribution in [0, 0.1) is 0 Å². The lowest BCUT2D eigenvalue weighted by atomic mass is 10.6. The molecule has 1 rings (SSSR count). The molecular formula is C12H24N4O3S2. The van der Waals surface area contributed by atoms with Crippen LogP contribution in [0.1, 0.15) is 0 Å². The van der Waals surface area contributed by atoms with E-state index in [0.29, 0.717) is 76.0 Å². The van der Waals surface area contributed by atoms with Crippen LogP contribution in [0.4, 0.5) is 0 Å². The first-order chi connectivity index (χ1) is 10.3.